The first-order valence-electron chi connectivity index (χ1n) is 8.43. The second-order valence-electron chi connectivity index (χ2n) is 6.49. The molecule has 134 valence electrons. The summed E-state index contributed by atoms with van der Waals surface area (Å²) in [7, 11) is 0. The third-order valence-corrected chi connectivity index (χ3v) is 5.19. The molecule has 0 spiro atoms. The summed E-state index contributed by atoms with van der Waals surface area (Å²) in [6.45, 7) is 1.78. The van der Waals surface area contributed by atoms with Gasteiger partial charge in [0.1, 0.15) is 6.10 Å². The largest absolute Gasteiger partial charge is 0.508 e. The number of hydrogen-bond donors (Lipinski definition) is 2. The molecule has 0 heterocycles. The fraction of sp³-hybridized carbons (Fsp3) is 0.500. The van der Waals surface area contributed by atoms with E-state index in [0.717, 1.165) is 6.42 Å². The number of nitrogens with one attached hydrogen (secondary N) is 1. The number of carboxylic acids is 1. The van der Waals surface area contributed by atoms with Gasteiger partial charge in [-0.25, -0.2) is 9.59 Å². The minimum atomic E-state index is -1.62. The van der Waals surface area contributed by atoms with Crippen LogP contribution in [0.3, 0.4) is 0 Å². The van der Waals surface area contributed by atoms with Gasteiger partial charge in [-0.3, -0.25) is 4.79 Å². The number of benzene rings is 1. The Morgan fingerprint density at radius 3 is 2.60 bits per heavy atom. The molecule has 2 aliphatic carbocycles. The zero-order valence-corrected chi connectivity index (χ0v) is 13.9. The molecule has 1 aromatic rings. The smallest absolute Gasteiger partial charge is 0.479 e. The lowest BCUT2D eigenvalue weighted by molar-refractivity contribution is -0.154. The van der Waals surface area contributed by atoms with Gasteiger partial charge in [0.15, 0.2) is 5.54 Å². The Balaban J connectivity index is 1.89. The summed E-state index contributed by atoms with van der Waals surface area (Å²) in [4.78, 5) is 36.6. The molecule has 0 unspecified atom stereocenters. The normalized spacial score (nSPS) is 29.9. The minimum absolute atomic E-state index is 0.0958. The van der Waals surface area contributed by atoms with Crippen molar-refractivity contribution in [2.45, 2.75) is 37.8 Å². The molecule has 0 aliphatic heterocycles. The van der Waals surface area contributed by atoms with Crippen molar-refractivity contribution in [3.63, 3.8) is 0 Å². The van der Waals surface area contributed by atoms with Gasteiger partial charge in [0.05, 0.1) is 6.61 Å². The van der Waals surface area contributed by atoms with Crippen molar-refractivity contribution in [1.29, 1.82) is 0 Å². The predicted octanol–water partition coefficient (Wildman–Crippen LogP) is 2.21. The van der Waals surface area contributed by atoms with Gasteiger partial charge in [0, 0.05) is 5.56 Å². The van der Waals surface area contributed by atoms with Gasteiger partial charge in [-0.15, -0.1) is 0 Å². The van der Waals surface area contributed by atoms with Crippen LogP contribution in [0.25, 0.3) is 0 Å². The topological polar surface area (TPSA) is 102 Å². The monoisotopic (exact) mass is 347 g/mol. The van der Waals surface area contributed by atoms with Gasteiger partial charge < -0.3 is 19.9 Å². The number of hydrogen-bond acceptors (Lipinski definition) is 5. The number of fused-ring (bicyclic) bond motifs is 2. The van der Waals surface area contributed by atoms with Gasteiger partial charge in [-0.1, -0.05) is 18.2 Å². The first-order valence-corrected chi connectivity index (χ1v) is 8.43. The maximum atomic E-state index is 12.6. The third kappa shape index (κ3) is 2.94. The molecule has 4 atom stereocenters. The molecule has 2 N–H and O–H groups in total. The third-order valence-electron chi connectivity index (χ3n) is 5.19. The summed E-state index contributed by atoms with van der Waals surface area (Å²) in [6, 6.07) is 8.40. The molecule has 0 radical (unpaired) electrons. The van der Waals surface area contributed by atoms with Crippen molar-refractivity contribution in [3.05, 3.63) is 35.9 Å². The summed E-state index contributed by atoms with van der Waals surface area (Å²) >= 11 is 0. The Morgan fingerprint density at radius 1 is 1.24 bits per heavy atom. The van der Waals surface area contributed by atoms with Gasteiger partial charge in [-0.2, -0.15) is 0 Å². The molecule has 1 amide bonds. The molecular weight excluding hydrogens is 326 g/mol. The predicted molar refractivity (Wildman–Crippen MR) is 87.0 cm³/mol. The van der Waals surface area contributed by atoms with Crippen LogP contribution < -0.4 is 5.32 Å². The summed E-state index contributed by atoms with van der Waals surface area (Å²) in [6.07, 6.45) is 0.209. The van der Waals surface area contributed by atoms with Crippen molar-refractivity contribution in [1.82, 2.24) is 5.32 Å². The van der Waals surface area contributed by atoms with Crippen LogP contribution in [0.5, 0.6) is 0 Å². The van der Waals surface area contributed by atoms with E-state index < -0.39 is 29.7 Å². The van der Waals surface area contributed by atoms with Gasteiger partial charge in [-0.05, 0) is 50.2 Å². The van der Waals surface area contributed by atoms with E-state index in [1.807, 2.05) is 0 Å². The molecule has 0 aromatic heterocycles. The molecule has 7 nitrogen and oxygen atoms in total. The Morgan fingerprint density at radius 2 is 1.96 bits per heavy atom. The highest BCUT2D eigenvalue weighted by molar-refractivity contribution is 5.98. The Labute approximate surface area is 145 Å². The molecule has 2 bridgehead atoms. The zero-order valence-electron chi connectivity index (χ0n) is 13.9. The standard InChI is InChI=1S/C18H21NO6/c1-2-24-17(23)25-14-12-8-9-13(10-12)18(14,16(21)22)19-15(20)11-6-4-3-5-7-11/h3-7,12-14H,2,8-10H2,1H3,(H,19,20)(H,21,22)/t12-,13+,14-,18+/m0/s1. The van der Waals surface area contributed by atoms with E-state index in [2.05, 4.69) is 5.32 Å². The van der Waals surface area contributed by atoms with Gasteiger partial charge >= 0.3 is 12.1 Å². The van der Waals surface area contributed by atoms with Gasteiger partial charge in [0.2, 0.25) is 0 Å². The average molecular weight is 347 g/mol. The number of ether oxygens (including phenoxy) is 2. The van der Waals surface area contributed by atoms with E-state index in [1.54, 1.807) is 37.3 Å². The summed E-state index contributed by atoms with van der Waals surface area (Å²) < 4.78 is 10.2. The van der Waals surface area contributed by atoms with Crippen LogP contribution in [0.15, 0.2) is 30.3 Å². The van der Waals surface area contributed by atoms with Crippen molar-refractivity contribution in [2.24, 2.45) is 11.8 Å². The molecule has 25 heavy (non-hydrogen) atoms. The van der Waals surface area contributed by atoms with Crippen molar-refractivity contribution in [2.75, 3.05) is 6.61 Å². The molecule has 2 saturated carbocycles. The van der Waals surface area contributed by atoms with Crippen LogP contribution >= 0.6 is 0 Å². The maximum absolute atomic E-state index is 12.6. The second kappa shape index (κ2) is 6.74. The quantitative estimate of drug-likeness (QED) is 0.792. The number of carboxylic acid groups (broad SMARTS) is 1. The zero-order chi connectivity index (χ0) is 18.0. The summed E-state index contributed by atoms with van der Waals surface area (Å²) in [5.74, 6) is -2.05. The number of carbonyl (C=O) groups excluding carboxylic acids is 2. The Hall–Kier alpha value is -2.57. The molecule has 7 heteroatoms. The number of rotatable bonds is 5. The number of amides is 1. The SMILES string of the molecule is CCOC(=O)O[C@H]1[C@H]2CC[C@H](C2)[C@]1(NC(=O)c1ccccc1)C(=O)O. The minimum Gasteiger partial charge on any atom is -0.479 e. The van der Waals surface area contributed by atoms with E-state index in [4.69, 9.17) is 9.47 Å². The van der Waals surface area contributed by atoms with E-state index in [-0.39, 0.29) is 18.4 Å². The fourth-order valence-corrected chi connectivity index (χ4v) is 4.13. The van der Waals surface area contributed by atoms with E-state index in [0.29, 0.717) is 18.4 Å². The van der Waals surface area contributed by atoms with Crippen LogP contribution in [0.1, 0.15) is 36.5 Å². The van der Waals surface area contributed by atoms with Crippen LogP contribution in [0, 0.1) is 11.8 Å². The molecule has 2 aliphatic rings. The van der Waals surface area contributed by atoms with Crippen LogP contribution in [-0.4, -0.2) is 41.4 Å². The molecular formula is C18H21NO6. The average Bonchev–Trinajstić information content (AvgIpc) is 3.18. The Bertz CT molecular complexity index is 675. The second-order valence-corrected chi connectivity index (χ2v) is 6.49. The highest BCUT2D eigenvalue weighted by Gasteiger charge is 2.66. The number of aliphatic carboxylic acids is 1. The van der Waals surface area contributed by atoms with E-state index in [9.17, 15) is 19.5 Å². The molecule has 1 aromatic carbocycles. The highest BCUT2D eigenvalue weighted by Crippen LogP contribution is 2.52. The van der Waals surface area contributed by atoms with Crippen molar-refractivity contribution in [3.8, 4) is 0 Å². The number of carbonyl (C=O) groups is 3. The van der Waals surface area contributed by atoms with Gasteiger partial charge in [0.25, 0.3) is 5.91 Å². The highest BCUT2D eigenvalue weighted by atomic mass is 16.7. The summed E-state index contributed by atoms with van der Waals surface area (Å²) in [5.41, 5.74) is -1.26. The Kier molecular flexibility index (Phi) is 4.65. The first kappa shape index (κ1) is 17.3. The summed E-state index contributed by atoms with van der Waals surface area (Å²) in [5, 5.41) is 12.6. The van der Waals surface area contributed by atoms with E-state index in [1.165, 1.54) is 0 Å². The van der Waals surface area contributed by atoms with E-state index >= 15 is 0 Å². The fourth-order valence-electron chi connectivity index (χ4n) is 4.13. The lowest BCUT2D eigenvalue weighted by atomic mass is 9.78. The van der Waals surface area contributed by atoms with Crippen LogP contribution in [-0.2, 0) is 14.3 Å². The lowest BCUT2D eigenvalue weighted by Gasteiger charge is -2.39. The maximum Gasteiger partial charge on any atom is 0.508 e. The first-order chi connectivity index (χ1) is 12.0. The lowest BCUT2D eigenvalue weighted by Crippen LogP contribution is -2.66. The van der Waals surface area contributed by atoms with Crippen molar-refractivity contribution < 1.29 is 29.0 Å². The molecule has 2 fully saturated rings. The van der Waals surface area contributed by atoms with Crippen LogP contribution in [0.2, 0.25) is 0 Å². The molecule has 3 rings (SSSR count). The van der Waals surface area contributed by atoms with Crippen molar-refractivity contribution >= 4 is 18.0 Å². The molecule has 0 saturated heterocycles. The van der Waals surface area contributed by atoms with Crippen LogP contribution in [0.4, 0.5) is 4.79 Å².